The average Bonchev–Trinajstić information content (AvgIpc) is 2.89. The van der Waals surface area contributed by atoms with Crippen LogP contribution in [0.5, 0.6) is 17.2 Å². The number of aromatic nitrogens is 2. The van der Waals surface area contributed by atoms with Crippen LogP contribution in [-0.2, 0) is 5.60 Å². The summed E-state index contributed by atoms with van der Waals surface area (Å²) < 4.78 is 22.5. The summed E-state index contributed by atoms with van der Waals surface area (Å²) in [5.74, 6) is 2.15. The van der Waals surface area contributed by atoms with E-state index in [2.05, 4.69) is 9.19 Å². The Kier molecular flexibility index (Phi) is 3.22. The molecular weight excluding hydrogens is 323 g/mol. The van der Waals surface area contributed by atoms with Gasteiger partial charge in [-0.1, -0.05) is 0 Å². The van der Waals surface area contributed by atoms with Gasteiger partial charge in [-0.3, -0.25) is 0 Å². The maximum atomic E-state index is 6.11. The SMILES string of the molecule is CCOc1cc2c(cc1OC)OC(C)(C)c1[se]nnc1-2. The van der Waals surface area contributed by atoms with Gasteiger partial charge in [-0.15, -0.1) is 0 Å². The summed E-state index contributed by atoms with van der Waals surface area (Å²) in [5.41, 5.74) is 1.50. The molecule has 0 N–H and O–H groups in total. The summed E-state index contributed by atoms with van der Waals surface area (Å²) in [6.45, 7) is 6.62. The van der Waals surface area contributed by atoms with Crippen LogP contribution in [0.3, 0.4) is 0 Å². The van der Waals surface area contributed by atoms with E-state index in [0.717, 1.165) is 17.0 Å². The van der Waals surface area contributed by atoms with Crippen LogP contribution >= 0.6 is 0 Å². The van der Waals surface area contributed by atoms with Crippen LogP contribution in [0.2, 0.25) is 0 Å². The molecule has 0 fully saturated rings. The Morgan fingerprint density at radius 2 is 2.10 bits per heavy atom. The molecule has 0 radical (unpaired) electrons. The van der Waals surface area contributed by atoms with Gasteiger partial charge < -0.3 is 0 Å². The Balaban J connectivity index is 2.20. The van der Waals surface area contributed by atoms with E-state index < -0.39 is 0 Å². The molecular formula is C14H16N2O3Se. The van der Waals surface area contributed by atoms with Crippen molar-refractivity contribution >= 4 is 14.7 Å². The summed E-state index contributed by atoms with van der Waals surface area (Å²) in [6.07, 6.45) is 0. The monoisotopic (exact) mass is 340 g/mol. The number of benzene rings is 1. The van der Waals surface area contributed by atoms with Gasteiger partial charge in [0.25, 0.3) is 0 Å². The number of ether oxygens (including phenoxy) is 3. The first kappa shape index (κ1) is 13.5. The van der Waals surface area contributed by atoms with Crippen molar-refractivity contribution in [2.75, 3.05) is 13.7 Å². The Morgan fingerprint density at radius 1 is 1.30 bits per heavy atom. The first-order chi connectivity index (χ1) is 9.56. The fourth-order valence-corrected chi connectivity index (χ4v) is 3.80. The van der Waals surface area contributed by atoms with Crippen molar-refractivity contribution in [1.82, 2.24) is 9.19 Å². The zero-order valence-electron chi connectivity index (χ0n) is 11.9. The Labute approximate surface area is 123 Å². The number of rotatable bonds is 3. The first-order valence-electron chi connectivity index (χ1n) is 6.44. The third-order valence-corrected chi connectivity index (χ3v) is 5.38. The van der Waals surface area contributed by atoms with E-state index in [-0.39, 0.29) is 20.3 Å². The summed E-state index contributed by atoms with van der Waals surface area (Å²) in [5, 5.41) is 4.31. The van der Waals surface area contributed by atoms with Gasteiger partial charge in [0.15, 0.2) is 0 Å². The molecule has 1 aliphatic rings. The zero-order chi connectivity index (χ0) is 14.3. The summed E-state index contributed by atoms with van der Waals surface area (Å²) >= 11 is 0.0161. The summed E-state index contributed by atoms with van der Waals surface area (Å²) in [4.78, 5) is 0. The topological polar surface area (TPSA) is 53.5 Å². The van der Waals surface area contributed by atoms with Gasteiger partial charge in [0.2, 0.25) is 0 Å². The van der Waals surface area contributed by atoms with Gasteiger partial charge in [-0.05, 0) is 0 Å². The van der Waals surface area contributed by atoms with Crippen LogP contribution in [0, 0.1) is 0 Å². The van der Waals surface area contributed by atoms with Crippen LogP contribution in [0.15, 0.2) is 12.1 Å². The standard InChI is InChI=1S/C14H16N2O3Se/c1-5-18-11-6-8-9(7-10(11)17-4)19-14(2,3)13-12(8)15-16-20-13/h6-7H,5H2,1-4H3. The average molecular weight is 339 g/mol. The van der Waals surface area contributed by atoms with E-state index in [1.54, 1.807) is 7.11 Å². The number of methoxy groups -OCH3 is 1. The summed E-state index contributed by atoms with van der Waals surface area (Å²) in [6, 6.07) is 3.80. The van der Waals surface area contributed by atoms with Gasteiger partial charge in [0, 0.05) is 0 Å². The van der Waals surface area contributed by atoms with E-state index >= 15 is 0 Å². The summed E-state index contributed by atoms with van der Waals surface area (Å²) in [7, 11) is 1.63. The Hall–Kier alpha value is -1.52. The molecule has 20 heavy (non-hydrogen) atoms. The molecule has 0 saturated carbocycles. The number of hydrogen-bond donors (Lipinski definition) is 0. The third kappa shape index (κ3) is 2.00. The molecule has 0 unspecified atom stereocenters. The first-order valence-corrected chi connectivity index (χ1v) is 8.06. The Morgan fingerprint density at radius 3 is 2.80 bits per heavy atom. The van der Waals surface area contributed by atoms with Crippen molar-refractivity contribution in [2.45, 2.75) is 26.4 Å². The molecule has 6 heteroatoms. The van der Waals surface area contributed by atoms with E-state index in [1.165, 1.54) is 4.44 Å². The second-order valence-corrected chi connectivity index (χ2v) is 6.58. The van der Waals surface area contributed by atoms with Crippen LogP contribution in [0.25, 0.3) is 11.3 Å². The molecule has 0 amide bonds. The predicted octanol–water partition coefficient (Wildman–Crippen LogP) is 2.24. The molecule has 1 aliphatic heterocycles. The predicted molar refractivity (Wildman–Crippen MR) is 75.8 cm³/mol. The van der Waals surface area contributed by atoms with Crippen molar-refractivity contribution in [3.05, 3.63) is 16.6 Å². The molecule has 5 nitrogen and oxygen atoms in total. The van der Waals surface area contributed by atoms with Crippen LogP contribution in [0.1, 0.15) is 25.2 Å². The van der Waals surface area contributed by atoms with Gasteiger partial charge in [0.1, 0.15) is 0 Å². The second-order valence-electron chi connectivity index (χ2n) is 5.00. The molecule has 0 bridgehead atoms. The van der Waals surface area contributed by atoms with Gasteiger partial charge in [-0.25, -0.2) is 0 Å². The number of hydrogen-bond acceptors (Lipinski definition) is 5. The molecule has 0 aliphatic carbocycles. The number of nitrogens with zero attached hydrogens (tertiary/aromatic N) is 2. The second kappa shape index (κ2) is 4.79. The normalized spacial score (nSPS) is 15.0. The van der Waals surface area contributed by atoms with Gasteiger partial charge >= 0.3 is 123 Å². The van der Waals surface area contributed by atoms with Crippen molar-refractivity contribution in [3.63, 3.8) is 0 Å². The van der Waals surface area contributed by atoms with Crippen molar-refractivity contribution < 1.29 is 14.2 Å². The van der Waals surface area contributed by atoms with E-state index in [1.807, 2.05) is 32.9 Å². The quantitative estimate of drug-likeness (QED) is 0.803. The molecule has 3 rings (SSSR count). The minimum absolute atomic E-state index is 0.0161. The van der Waals surface area contributed by atoms with Crippen LogP contribution in [-0.4, -0.2) is 37.6 Å². The molecule has 0 saturated heterocycles. The third-order valence-electron chi connectivity index (χ3n) is 3.22. The minimum atomic E-state index is -0.371. The fourth-order valence-electron chi connectivity index (χ4n) is 2.32. The van der Waals surface area contributed by atoms with Crippen LogP contribution < -0.4 is 14.2 Å². The van der Waals surface area contributed by atoms with E-state index in [9.17, 15) is 0 Å². The molecule has 0 spiro atoms. The van der Waals surface area contributed by atoms with Gasteiger partial charge in [-0.2, -0.15) is 0 Å². The van der Waals surface area contributed by atoms with Crippen LogP contribution in [0.4, 0.5) is 0 Å². The fraction of sp³-hybridized carbons (Fsp3) is 0.429. The van der Waals surface area contributed by atoms with Gasteiger partial charge in [0.05, 0.1) is 0 Å². The molecule has 2 heterocycles. The molecule has 1 aromatic carbocycles. The Bertz CT molecular complexity index is 652. The van der Waals surface area contributed by atoms with E-state index in [0.29, 0.717) is 18.1 Å². The molecule has 1 aromatic heterocycles. The number of fused-ring (bicyclic) bond motifs is 3. The molecule has 2 aromatic rings. The molecule has 0 atom stereocenters. The zero-order valence-corrected chi connectivity index (χ0v) is 13.6. The van der Waals surface area contributed by atoms with Crippen molar-refractivity contribution in [3.8, 4) is 28.5 Å². The van der Waals surface area contributed by atoms with Crippen molar-refractivity contribution in [1.29, 1.82) is 0 Å². The van der Waals surface area contributed by atoms with E-state index in [4.69, 9.17) is 14.2 Å². The molecule has 106 valence electrons. The van der Waals surface area contributed by atoms with Crippen molar-refractivity contribution in [2.24, 2.45) is 0 Å². The maximum absolute atomic E-state index is 6.11.